The summed E-state index contributed by atoms with van der Waals surface area (Å²) in [6.45, 7) is 7.36. The predicted molar refractivity (Wildman–Crippen MR) is 132 cm³/mol. The van der Waals surface area contributed by atoms with Gasteiger partial charge >= 0.3 is 0 Å². The highest BCUT2D eigenvalue weighted by Gasteiger charge is 2.18. The molecule has 0 radical (unpaired) electrons. The van der Waals surface area contributed by atoms with E-state index in [0.717, 1.165) is 24.7 Å². The van der Waals surface area contributed by atoms with Gasteiger partial charge in [0, 0.05) is 12.3 Å². The molecule has 0 saturated carbocycles. The van der Waals surface area contributed by atoms with Gasteiger partial charge < -0.3 is 14.3 Å². The SMILES string of the molecule is C=CC(C=CC(CCCCC)OCc1ccccc1)C(CCC=O)OCc1ccccc1. The molecule has 0 spiro atoms. The van der Waals surface area contributed by atoms with Crippen LogP contribution in [-0.4, -0.2) is 18.5 Å². The fraction of sp³-hybridized carbons (Fsp3) is 0.414. The molecule has 0 N–H and O–H groups in total. The van der Waals surface area contributed by atoms with Gasteiger partial charge in [0.15, 0.2) is 0 Å². The largest absolute Gasteiger partial charge is 0.373 e. The van der Waals surface area contributed by atoms with Crippen LogP contribution in [0.4, 0.5) is 0 Å². The Morgan fingerprint density at radius 3 is 2.03 bits per heavy atom. The summed E-state index contributed by atoms with van der Waals surface area (Å²) in [5.74, 6) is 0.0210. The number of carbonyl (C=O) groups is 1. The zero-order chi connectivity index (χ0) is 22.9. The van der Waals surface area contributed by atoms with E-state index in [2.05, 4.69) is 49.9 Å². The monoisotopic (exact) mass is 434 g/mol. The first-order valence-corrected chi connectivity index (χ1v) is 11.8. The Hall–Kier alpha value is -2.49. The number of carbonyl (C=O) groups excluding carboxylic acids is 1. The van der Waals surface area contributed by atoms with Crippen molar-refractivity contribution in [3.8, 4) is 0 Å². The summed E-state index contributed by atoms with van der Waals surface area (Å²) in [7, 11) is 0. The molecule has 0 bridgehead atoms. The Bertz CT molecular complexity index is 770. The second-order valence-electron chi connectivity index (χ2n) is 8.11. The number of hydrogen-bond donors (Lipinski definition) is 0. The van der Waals surface area contributed by atoms with Crippen molar-refractivity contribution in [1.29, 1.82) is 0 Å². The molecular formula is C29H38O3. The second-order valence-corrected chi connectivity index (χ2v) is 8.11. The molecule has 3 unspecified atom stereocenters. The maximum Gasteiger partial charge on any atom is 0.120 e. The Morgan fingerprint density at radius 2 is 1.47 bits per heavy atom. The third-order valence-electron chi connectivity index (χ3n) is 5.52. The lowest BCUT2D eigenvalue weighted by atomic mass is 9.96. The van der Waals surface area contributed by atoms with Crippen molar-refractivity contribution in [2.24, 2.45) is 5.92 Å². The van der Waals surface area contributed by atoms with E-state index in [9.17, 15) is 4.79 Å². The van der Waals surface area contributed by atoms with E-state index in [0.29, 0.717) is 26.1 Å². The van der Waals surface area contributed by atoms with Crippen LogP contribution in [0.5, 0.6) is 0 Å². The van der Waals surface area contributed by atoms with Crippen molar-refractivity contribution >= 4 is 6.29 Å². The van der Waals surface area contributed by atoms with E-state index in [4.69, 9.17) is 9.47 Å². The molecule has 0 aliphatic rings. The van der Waals surface area contributed by atoms with Crippen LogP contribution in [-0.2, 0) is 27.5 Å². The van der Waals surface area contributed by atoms with Gasteiger partial charge in [0.25, 0.3) is 0 Å². The lowest BCUT2D eigenvalue weighted by molar-refractivity contribution is -0.108. The summed E-state index contributed by atoms with van der Waals surface area (Å²) in [5.41, 5.74) is 2.30. The average molecular weight is 435 g/mol. The molecular weight excluding hydrogens is 396 g/mol. The average Bonchev–Trinajstić information content (AvgIpc) is 2.84. The fourth-order valence-electron chi connectivity index (χ4n) is 3.61. The smallest absolute Gasteiger partial charge is 0.120 e. The number of aldehydes is 1. The van der Waals surface area contributed by atoms with Gasteiger partial charge in [-0.3, -0.25) is 0 Å². The molecule has 0 fully saturated rings. The van der Waals surface area contributed by atoms with Gasteiger partial charge in [-0.2, -0.15) is 0 Å². The molecule has 2 aromatic carbocycles. The molecule has 0 aliphatic carbocycles. The Kier molecular flexibility index (Phi) is 13.0. The maximum absolute atomic E-state index is 11.0. The Labute approximate surface area is 194 Å². The lowest BCUT2D eigenvalue weighted by Crippen LogP contribution is -2.22. The number of hydrogen-bond acceptors (Lipinski definition) is 3. The zero-order valence-electron chi connectivity index (χ0n) is 19.4. The highest BCUT2D eigenvalue weighted by molar-refractivity contribution is 5.49. The van der Waals surface area contributed by atoms with Crippen molar-refractivity contribution in [3.63, 3.8) is 0 Å². The molecule has 2 rings (SSSR count). The minimum atomic E-state index is -0.0976. The minimum absolute atomic E-state index is 0.0210. The summed E-state index contributed by atoms with van der Waals surface area (Å²) in [4.78, 5) is 11.0. The maximum atomic E-state index is 11.0. The van der Waals surface area contributed by atoms with Crippen LogP contribution in [0.1, 0.15) is 56.6 Å². The van der Waals surface area contributed by atoms with Gasteiger partial charge in [-0.05, 0) is 24.0 Å². The standard InChI is InChI=1S/C29H38O3/c1-3-5-8-18-28(31-23-25-14-9-6-10-15-25)21-20-27(4-2)29(19-13-22-30)32-24-26-16-11-7-12-17-26/h4,6-7,9-12,14-17,20-22,27-29H,2-3,5,8,13,18-19,23-24H2,1H3. The van der Waals surface area contributed by atoms with Crippen LogP contribution >= 0.6 is 0 Å². The molecule has 0 saturated heterocycles. The van der Waals surface area contributed by atoms with E-state index < -0.39 is 0 Å². The lowest BCUT2D eigenvalue weighted by Gasteiger charge is -2.23. The number of ether oxygens (including phenoxy) is 2. The molecule has 0 aromatic heterocycles. The van der Waals surface area contributed by atoms with Gasteiger partial charge in [-0.1, -0.05) is 105 Å². The highest BCUT2D eigenvalue weighted by atomic mass is 16.5. The van der Waals surface area contributed by atoms with E-state index in [1.807, 2.05) is 42.5 Å². The van der Waals surface area contributed by atoms with Gasteiger partial charge in [0.05, 0.1) is 25.4 Å². The third-order valence-corrected chi connectivity index (χ3v) is 5.52. The molecule has 2 aromatic rings. The summed E-state index contributed by atoms with van der Waals surface area (Å²) < 4.78 is 12.5. The van der Waals surface area contributed by atoms with Crippen molar-refractivity contribution in [3.05, 3.63) is 96.6 Å². The van der Waals surface area contributed by atoms with Crippen molar-refractivity contribution < 1.29 is 14.3 Å². The van der Waals surface area contributed by atoms with Gasteiger partial charge in [-0.15, -0.1) is 6.58 Å². The first kappa shape index (κ1) is 25.8. The molecule has 3 nitrogen and oxygen atoms in total. The number of benzene rings is 2. The number of rotatable bonds is 17. The van der Waals surface area contributed by atoms with Gasteiger partial charge in [0.2, 0.25) is 0 Å². The molecule has 3 atom stereocenters. The van der Waals surface area contributed by atoms with Crippen molar-refractivity contribution in [2.45, 2.75) is 70.9 Å². The molecule has 172 valence electrons. The van der Waals surface area contributed by atoms with Crippen molar-refractivity contribution in [1.82, 2.24) is 0 Å². The predicted octanol–water partition coefficient (Wildman–Crippen LogP) is 7.08. The quantitative estimate of drug-likeness (QED) is 0.152. The Morgan fingerprint density at radius 1 is 0.844 bits per heavy atom. The fourth-order valence-corrected chi connectivity index (χ4v) is 3.61. The van der Waals surface area contributed by atoms with Crippen LogP contribution in [0.2, 0.25) is 0 Å². The van der Waals surface area contributed by atoms with E-state index in [1.54, 1.807) is 0 Å². The second kappa shape index (κ2) is 16.2. The Balaban J connectivity index is 2.02. The van der Waals surface area contributed by atoms with E-state index in [1.165, 1.54) is 18.4 Å². The van der Waals surface area contributed by atoms with Gasteiger partial charge in [-0.25, -0.2) is 0 Å². The topological polar surface area (TPSA) is 35.5 Å². The third kappa shape index (κ3) is 10.2. The van der Waals surface area contributed by atoms with E-state index in [-0.39, 0.29) is 18.1 Å². The summed E-state index contributed by atoms with van der Waals surface area (Å²) in [6.07, 6.45) is 12.8. The van der Waals surface area contributed by atoms with Gasteiger partial charge in [0.1, 0.15) is 6.29 Å². The zero-order valence-corrected chi connectivity index (χ0v) is 19.4. The van der Waals surface area contributed by atoms with Crippen LogP contribution in [0, 0.1) is 5.92 Å². The molecule has 0 heterocycles. The molecule has 32 heavy (non-hydrogen) atoms. The van der Waals surface area contributed by atoms with E-state index >= 15 is 0 Å². The van der Waals surface area contributed by atoms with Crippen LogP contribution < -0.4 is 0 Å². The molecule has 3 heteroatoms. The highest BCUT2D eigenvalue weighted by Crippen LogP contribution is 2.20. The summed E-state index contributed by atoms with van der Waals surface area (Å²) in [5, 5.41) is 0. The first-order chi connectivity index (χ1) is 15.8. The summed E-state index contributed by atoms with van der Waals surface area (Å²) >= 11 is 0. The molecule has 0 aliphatic heterocycles. The first-order valence-electron chi connectivity index (χ1n) is 11.8. The van der Waals surface area contributed by atoms with Crippen molar-refractivity contribution in [2.75, 3.05) is 0 Å². The molecule has 0 amide bonds. The van der Waals surface area contributed by atoms with Crippen LogP contribution in [0.15, 0.2) is 85.5 Å². The summed E-state index contributed by atoms with van der Waals surface area (Å²) in [6, 6.07) is 20.4. The number of unbranched alkanes of at least 4 members (excludes halogenated alkanes) is 2. The minimum Gasteiger partial charge on any atom is -0.373 e. The van der Waals surface area contributed by atoms with Crippen LogP contribution in [0.3, 0.4) is 0 Å². The van der Waals surface area contributed by atoms with Crippen LogP contribution in [0.25, 0.3) is 0 Å². The normalized spacial score (nSPS) is 14.2.